The predicted molar refractivity (Wildman–Crippen MR) is 141 cm³/mol. The number of halogens is 3. The van der Waals surface area contributed by atoms with Crippen molar-refractivity contribution in [2.45, 2.75) is 39.3 Å². The Morgan fingerprint density at radius 3 is 2.35 bits per heavy atom. The number of unbranched alkanes of at least 4 members (excludes halogenated alkanes) is 1. The summed E-state index contributed by atoms with van der Waals surface area (Å²) in [4.78, 5) is 27.6. The lowest BCUT2D eigenvalue weighted by Gasteiger charge is -2.31. The highest BCUT2D eigenvalue weighted by Gasteiger charge is 2.30. The fourth-order valence-electron chi connectivity index (χ4n) is 3.18. The molecule has 0 aliphatic heterocycles. The highest BCUT2D eigenvalue weighted by molar-refractivity contribution is 9.10. The maximum Gasteiger partial charge on any atom is 0.244 e. The first-order valence-corrected chi connectivity index (χ1v) is 14.1. The number of benzene rings is 2. The summed E-state index contributed by atoms with van der Waals surface area (Å²) >= 11 is 15.7. The molecule has 0 saturated carbocycles. The van der Waals surface area contributed by atoms with Gasteiger partial charge in [-0.25, -0.2) is 8.42 Å². The zero-order valence-electron chi connectivity index (χ0n) is 19.2. The number of carbonyl (C=O) groups is 2. The van der Waals surface area contributed by atoms with Crippen LogP contribution in [-0.2, 0) is 26.2 Å². The number of hydrogen-bond donors (Lipinski definition) is 1. The van der Waals surface area contributed by atoms with E-state index >= 15 is 0 Å². The van der Waals surface area contributed by atoms with Crippen molar-refractivity contribution in [3.05, 3.63) is 62.5 Å². The number of anilines is 1. The smallest absolute Gasteiger partial charge is 0.244 e. The summed E-state index contributed by atoms with van der Waals surface area (Å²) in [5, 5.41) is 3.24. The highest BCUT2D eigenvalue weighted by Crippen LogP contribution is 2.31. The lowest BCUT2D eigenvalue weighted by atomic mass is 10.1. The maximum absolute atomic E-state index is 13.5. The van der Waals surface area contributed by atoms with E-state index in [9.17, 15) is 18.0 Å². The van der Waals surface area contributed by atoms with Gasteiger partial charge in [-0.3, -0.25) is 13.9 Å². The molecule has 2 aromatic carbocycles. The SMILES string of the molecule is CCCCNC(=O)[C@@H](C)N(Cc1ccc(Br)cc1)C(=O)CN(c1cc(Cl)ccc1Cl)S(C)(=O)=O. The van der Waals surface area contributed by atoms with Gasteiger partial charge in [0.05, 0.1) is 17.0 Å². The number of rotatable bonds is 11. The van der Waals surface area contributed by atoms with Gasteiger partial charge in [-0.15, -0.1) is 0 Å². The molecule has 0 spiro atoms. The minimum Gasteiger partial charge on any atom is -0.354 e. The van der Waals surface area contributed by atoms with Crippen LogP contribution in [0.25, 0.3) is 0 Å². The van der Waals surface area contributed by atoms with Crippen LogP contribution in [0, 0.1) is 0 Å². The molecule has 0 aromatic heterocycles. The minimum atomic E-state index is -3.89. The van der Waals surface area contributed by atoms with Gasteiger partial charge in [-0.2, -0.15) is 0 Å². The Bertz CT molecular complexity index is 1110. The van der Waals surface area contributed by atoms with E-state index in [1.54, 1.807) is 6.92 Å². The second kappa shape index (κ2) is 12.8. The standard InChI is InChI=1S/C23H28BrCl2N3O4S/c1-4-5-12-27-23(31)16(2)28(14-17-6-8-18(24)9-7-17)22(30)15-29(34(3,32)33)21-13-19(25)10-11-20(21)26/h6-11,13,16H,4-5,12,14-15H2,1-3H3,(H,27,31)/t16-/m1/s1. The molecule has 0 bridgehead atoms. The van der Waals surface area contributed by atoms with Gasteiger partial charge in [0.2, 0.25) is 21.8 Å². The third-order valence-electron chi connectivity index (χ3n) is 5.12. The Labute approximate surface area is 219 Å². The summed E-state index contributed by atoms with van der Waals surface area (Å²) in [6, 6.07) is 10.9. The molecule has 0 aliphatic rings. The van der Waals surface area contributed by atoms with Crippen molar-refractivity contribution in [3.63, 3.8) is 0 Å². The molecule has 0 fully saturated rings. The Morgan fingerprint density at radius 1 is 1.12 bits per heavy atom. The minimum absolute atomic E-state index is 0.0914. The van der Waals surface area contributed by atoms with Gasteiger partial charge in [-0.05, 0) is 49.2 Å². The lowest BCUT2D eigenvalue weighted by molar-refractivity contribution is -0.139. The second-order valence-corrected chi connectivity index (χ2v) is 11.5. The van der Waals surface area contributed by atoms with Crippen molar-refractivity contribution in [3.8, 4) is 0 Å². The zero-order chi connectivity index (χ0) is 25.5. The molecule has 1 atom stereocenters. The monoisotopic (exact) mass is 591 g/mol. The van der Waals surface area contributed by atoms with Gasteiger partial charge in [-0.1, -0.05) is 64.6 Å². The normalized spacial score (nSPS) is 12.2. The molecule has 0 heterocycles. The summed E-state index contributed by atoms with van der Waals surface area (Å²) in [7, 11) is -3.89. The van der Waals surface area contributed by atoms with E-state index in [1.807, 2.05) is 31.2 Å². The lowest BCUT2D eigenvalue weighted by Crippen LogP contribution is -2.51. The second-order valence-electron chi connectivity index (χ2n) is 7.83. The van der Waals surface area contributed by atoms with Crippen LogP contribution in [0.1, 0.15) is 32.3 Å². The summed E-state index contributed by atoms with van der Waals surface area (Å²) in [6.45, 7) is 3.71. The number of amides is 2. The van der Waals surface area contributed by atoms with E-state index in [0.717, 1.165) is 33.4 Å². The first kappa shape index (κ1) is 28.4. The van der Waals surface area contributed by atoms with Crippen molar-refractivity contribution < 1.29 is 18.0 Å². The van der Waals surface area contributed by atoms with Crippen LogP contribution < -0.4 is 9.62 Å². The number of nitrogens with one attached hydrogen (secondary N) is 1. The van der Waals surface area contributed by atoms with E-state index in [0.29, 0.717) is 6.54 Å². The molecule has 7 nitrogen and oxygen atoms in total. The molecule has 11 heteroatoms. The van der Waals surface area contributed by atoms with E-state index in [-0.39, 0.29) is 28.2 Å². The van der Waals surface area contributed by atoms with Gasteiger partial charge >= 0.3 is 0 Å². The fraction of sp³-hybridized carbons (Fsp3) is 0.391. The number of nitrogens with zero attached hydrogens (tertiary/aromatic N) is 2. The largest absolute Gasteiger partial charge is 0.354 e. The molecule has 34 heavy (non-hydrogen) atoms. The van der Waals surface area contributed by atoms with Crippen LogP contribution in [0.5, 0.6) is 0 Å². The zero-order valence-corrected chi connectivity index (χ0v) is 23.1. The summed E-state index contributed by atoms with van der Waals surface area (Å²) in [5.74, 6) is -0.867. The van der Waals surface area contributed by atoms with Crippen LogP contribution in [0.4, 0.5) is 5.69 Å². The van der Waals surface area contributed by atoms with Crippen LogP contribution in [0.2, 0.25) is 10.0 Å². The Hall–Kier alpha value is -1.81. The molecule has 2 rings (SSSR count). The number of sulfonamides is 1. The molecule has 186 valence electrons. The van der Waals surface area contributed by atoms with Crippen molar-refractivity contribution in [2.75, 3.05) is 23.7 Å². The topological polar surface area (TPSA) is 86.8 Å². The Kier molecular flexibility index (Phi) is 10.7. The van der Waals surface area contributed by atoms with E-state index in [1.165, 1.54) is 23.1 Å². The van der Waals surface area contributed by atoms with Crippen molar-refractivity contribution in [2.24, 2.45) is 0 Å². The molecular weight excluding hydrogens is 565 g/mol. The molecule has 0 aliphatic carbocycles. The molecule has 0 unspecified atom stereocenters. The fourth-order valence-corrected chi connectivity index (χ4v) is 4.73. The predicted octanol–water partition coefficient (Wildman–Crippen LogP) is 4.86. The van der Waals surface area contributed by atoms with E-state index in [2.05, 4.69) is 21.2 Å². The Balaban J connectivity index is 2.38. The van der Waals surface area contributed by atoms with Gasteiger partial charge in [0, 0.05) is 22.6 Å². The van der Waals surface area contributed by atoms with E-state index < -0.39 is 28.5 Å². The first-order valence-electron chi connectivity index (χ1n) is 10.7. The quantitative estimate of drug-likeness (QED) is 0.378. The molecule has 0 radical (unpaired) electrons. The maximum atomic E-state index is 13.5. The van der Waals surface area contributed by atoms with Crippen molar-refractivity contribution >= 4 is 66.7 Å². The molecule has 0 saturated heterocycles. The van der Waals surface area contributed by atoms with Gasteiger partial charge in [0.25, 0.3) is 0 Å². The molecule has 1 N–H and O–H groups in total. The van der Waals surface area contributed by atoms with Gasteiger partial charge < -0.3 is 10.2 Å². The van der Waals surface area contributed by atoms with Crippen LogP contribution in [-0.4, -0.2) is 50.5 Å². The van der Waals surface area contributed by atoms with E-state index in [4.69, 9.17) is 23.2 Å². The van der Waals surface area contributed by atoms with Crippen LogP contribution >= 0.6 is 39.1 Å². The van der Waals surface area contributed by atoms with Crippen molar-refractivity contribution in [1.82, 2.24) is 10.2 Å². The number of carbonyl (C=O) groups excluding carboxylic acids is 2. The first-order chi connectivity index (χ1) is 15.9. The Morgan fingerprint density at radius 2 is 1.76 bits per heavy atom. The van der Waals surface area contributed by atoms with Crippen molar-refractivity contribution in [1.29, 1.82) is 0 Å². The van der Waals surface area contributed by atoms with Gasteiger partial charge in [0.1, 0.15) is 12.6 Å². The summed E-state index contributed by atoms with van der Waals surface area (Å²) in [5.41, 5.74) is 0.880. The van der Waals surface area contributed by atoms with Crippen LogP contribution in [0.15, 0.2) is 46.9 Å². The van der Waals surface area contributed by atoms with Gasteiger partial charge in [0.15, 0.2) is 0 Å². The summed E-state index contributed by atoms with van der Waals surface area (Å²) < 4.78 is 27.0. The average molecular weight is 593 g/mol. The third kappa shape index (κ3) is 8.15. The average Bonchev–Trinajstić information content (AvgIpc) is 2.77. The summed E-state index contributed by atoms with van der Waals surface area (Å²) in [6.07, 6.45) is 2.71. The molecule has 2 amide bonds. The third-order valence-corrected chi connectivity index (χ3v) is 7.33. The molecular formula is C23H28BrCl2N3O4S. The number of hydrogen-bond acceptors (Lipinski definition) is 4. The van der Waals surface area contributed by atoms with Crippen LogP contribution in [0.3, 0.4) is 0 Å². The highest BCUT2D eigenvalue weighted by atomic mass is 79.9. The molecule has 2 aromatic rings.